The summed E-state index contributed by atoms with van der Waals surface area (Å²) < 4.78 is 0. The molecule has 0 saturated heterocycles. The predicted octanol–water partition coefficient (Wildman–Crippen LogP) is 4.45. The van der Waals surface area contributed by atoms with Gasteiger partial charge in [-0.1, -0.05) is 60.2 Å². The molecule has 0 aliphatic carbocycles. The van der Waals surface area contributed by atoms with Crippen LogP contribution in [0.5, 0.6) is 0 Å². The van der Waals surface area contributed by atoms with E-state index in [-0.39, 0.29) is 11.9 Å². The van der Waals surface area contributed by atoms with Crippen LogP contribution in [0.3, 0.4) is 0 Å². The fraction of sp³-hybridized carbons (Fsp3) is 0.261. The van der Waals surface area contributed by atoms with Gasteiger partial charge < -0.3 is 10.2 Å². The van der Waals surface area contributed by atoms with Crippen molar-refractivity contribution in [1.82, 2.24) is 14.9 Å². The third-order valence-corrected chi connectivity index (χ3v) is 4.56. The lowest BCUT2D eigenvalue weighted by Crippen LogP contribution is -2.36. The summed E-state index contributed by atoms with van der Waals surface area (Å²) >= 11 is 0. The lowest BCUT2D eigenvalue weighted by Gasteiger charge is -2.26. The van der Waals surface area contributed by atoms with Gasteiger partial charge in [0.1, 0.15) is 17.8 Å². The molecule has 1 aromatic heterocycles. The Morgan fingerprint density at radius 3 is 2.39 bits per heavy atom. The van der Waals surface area contributed by atoms with Crippen molar-refractivity contribution in [3.05, 3.63) is 89.4 Å². The van der Waals surface area contributed by atoms with Gasteiger partial charge in [0, 0.05) is 25.2 Å². The van der Waals surface area contributed by atoms with Gasteiger partial charge >= 0.3 is 0 Å². The van der Waals surface area contributed by atoms with E-state index in [1.165, 1.54) is 11.9 Å². The zero-order chi connectivity index (χ0) is 19.9. The summed E-state index contributed by atoms with van der Waals surface area (Å²) in [6.45, 7) is 7.28. The van der Waals surface area contributed by atoms with Gasteiger partial charge in [-0.3, -0.25) is 4.79 Å². The summed E-state index contributed by atoms with van der Waals surface area (Å²) in [4.78, 5) is 23.3. The molecule has 0 spiro atoms. The van der Waals surface area contributed by atoms with E-state index in [0.717, 1.165) is 11.1 Å². The van der Waals surface area contributed by atoms with Crippen LogP contribution in [-0.4, -0.2) is 26.8 Å². The molecular weight excluding hydrogens is 348 g/mol. The Balaban J connectivity index is 1.71. The zero-order valence-electron chi connectivity index (χ0n) is 16.6. The van der Waals surface area contributed by atoms with Gasteiger partial charge in [0.15, 0.2) is 0 Å². The first-order chi connectivity index (χ1) is 13.5. The van der Waals surface area contributed by atoms with Crippen LogP contribution in [0.15, 0.2) is 67.0 Å². The van der Waals surface area contributed by atoms with E-state index in [9.17, 15) is 4.79 Å². The van der Waals surface area contributed by atoms with Crippen LogP contribution in [0.1, 0.15) is 41.0 Å². The zero-order valence-corrected chi connectivity index (χ0v) is 16.6. The number of rotatable bonds is 7. The molecule has 0 radical (unpaired) electrons. The highest BCUT2D eigenvalue weighted by molar-refractivity contribution is 5.93. The minimum Gasteiger partial charge on any atom is -0.366 e. The highest BCUT2D eigenvalue weighted by Crippen LogP contribution is 2.14. The number of benzene rings is 2. The van der Waals surface area contributed by atoms with Crippen molar-refractivity contribution in [2.75, 3.05) is 5.32 Å². The molecule has 0 fully saturated rings. The van der Waals surface area contributed by atoms with Crippen LogP contribution >= 0.6 is 0 Å². The van der Waals surface area contributed by atoms with E-state index in [1.54, 1.807) is 6.07 Å². The fourth-order valence-corrected chi connectivity index (χ4v) is 2.89. The number of amides is 1. The topological polar surface area (TPSA) is 58.1 Å². The largest absolute Gasteiger partial charge is 0.366 e. The summed E-state index contributed by atoms with van der Waals surface area (Å²) in [6, 6.07) is 20.1. The average Bonchev–Trinajstić information content (AvgIpc) is 2.72. The van der Waals surface area contributed by atoms with Gasteiger partial charge in [0.2, 0.25) is 0 Å². The van der Waals surface area contributed by atoms with Crippen molar-refractivity contribution in [1.29, 1.82) is 0 Å². The molecule has 0 bridgehead atoms. The first kappa shape index (κ1) is 19.5. The Kier molecular flexibility index (Phi) is 6.37. The predicted molar refractivity (Wildman–Crippen MR) is 112 cm³/mol. The van der Waals surface area contributed by atoms with Crippen molar-refractivity contribution in [3.63, 3.8) is 0 Å². The molecule has 2 aromatic carbocycles. The van der Waals surface area contributed by atoms with Gasteiger partial charge in [-0.25, -0.2) is 9.97 Å². The van der Waals surface area contributed by atoms with E-state index in [1.807, 2.05) is 49.1 Å². The van der Waals surface area contributed by atoms with Crippen LogP contribution in [-0.2, 0) is 13.1 Å². The number of nitrogens with zero attached hydrogens (tertiary/aromatic N) is 3. The van der Waals surface area contributed by atoms with Crippen molar-refractivity contribution >= 4 is 11.7 Å². The number of anilines is 1. The molecule has 3 rings (SSSR count). The number of hydrogen-bond donors (Lipinski definition) is 1. The third-order valence-electron chi connectivity index (χ3n) is 4.56. The Labute approximate surface area is 166 Å². The maximum Gasteiger partial charge on any atom is 0.273 e. The maximum absolute atomic E-state index is 13.1. The molecule has 1 amide bonds. The van der Waals surface area contributed by atoms with Gasteiger partial charge in [-0.05, 0) is 31.9 Å². The molecule has 0 saturated carbocycles. The van der Waals surface area contributed by atoms with Crippen LogP contribution in [0.2, 0.25) is 0 Å². The van der Waals surface area contributed by atoms with E-state index in [4.69, 9.17) is 0 Å². The Morgan fingerprint density at radius 2 is 1.71 bits per heavy atom. The first-order valence-corrected chi connectivity index (χ1v) is 9.49. The first-order valence-electron chi connectivity index (χ1n) is 9.49. The second kappa shape index (κ2) is 9.13. The Hall–Kier alpha value is -3.21. The fourth-order valence-electron chi connectivity index (χ4n) is 2.89. The van der Waals surface area contributed by atoms with E-state index >= 15 is 0 Å². The quantitative estimate of drug-likeness (QED) is 0.664. The van der Waals surface area contributed by atoms with E-state index in [2.05, 4.69) is 46.5 Å². The molecule has 0 aliphatic rings. The Morgan fingerprint density at radius 1 is 1.00 bits per heavy atom. The monoisotopic (exact) mass is 374 g/mol. The lowest BCUT2D eigenvalue weighted by molar-refractivity contribution is 0.0684. The summed E-state index contributed by atoms with van der Waals surface area (Å²) in [5, 5.41) is 3.27. The van der Waals surface area contributed by atoms with Crippen LogP contribution < -0.4 is 5.32 Å². The molecular formula is C23H26N4O. The lowest BCUT2D eigenvalue weighted by atomic mass is 10.1. The molecule has 0 atom stereocenters. The van der Waals surface area contributed by atoms with Crippen LogP contribution in [0.4, 0.5) is 5.82 Å². The minimum atomic E-state index is -0.0976. The third kappa shape index (κ3) is 5.16. The highest BCUT2D eigenvalue weighted by Gasteiger charge is 2.20. The summed E-state index contributed by atoms with van der Waals surface area (Å²) in [5.41, 5.74) is 3.87. The van der Waals surface area contributed by atoms with Crippen molar-refractivity contribution in [2.24, 2.45) is 0 Å². The molecule has 144 valence electrons. The SMILES string of the molecule is Cc1ccc(CNc2cc(C(=O)N(Cc3ccccc3)C(C)C)ncn2)cc1. The number of aryl methyl sites for hydroxylation is 1. The van der Waals surface area contributed by atoms with Gasteiger partial charge in [0.25, 0.3) is 5.91 Å². The van der Waals surface area contributed by atoms with Gasteiger partial charge in [-0.2, -0.15) is 0 Å². The van der Waals surface area contributed by atoms with Gasteiger partial charge in [-0.15, -0.1) is 0 Å². The summed E-state index contributed by atoms with van der Waals surface area (Å²) in [6.07, 6.45) is 1.44. The normalized spacial score (nSPS) is 10.7. The second-order valence-corrected chi connectivity index (χ2v) is 7.14. The number of nitrogens with one attached hydrogen (secondary N) is 1. The molecule has 5 nitrogen and oxygen atoms in total. The number of carbonyl (C=O) groups is 1. The van der Waals surface area contributed by atoms with Crippen molar-refractivity contribution in [3.8, 4) is 0 Å². The van der Waals surface area contributed by atoms with Crippen molar-refractivity contribution in [2.45, 2.75) is 39.9 Å². The molecule has 3 aromatic rings. The van der Waals surface area contributed by atoms with Crippen LogP contribution in [0.25, 0.3) is 0 Å². The molecule has 5 heteroatoms. The molecule has 0 unspecified atom stereocenters. The summed E-state index contributed by atoms with van der Waals surface area (Å²) in [5.74, 6) is 0.544. The standard InChI is InChI=1S/C23H26N4O/c1-17(2)27(15-20-7-5-4-6-8-20)23(28)21-13-22(26-16-25-21)24-14-19-11-9-18(3)10-12-19/h4-13,16-17H,14-15H2,1-3H3,(H,24,25,26). The average molecular weight is 374 g/mol. The van der Waals surface area contributed by atoms with Crippen LogP contribution in [0, 0.1) is 6.92 Å². The van der Waals surface area contributed by atoms with Gasteiger partial charge in [0.05, 0.1) is 0 Å². The smallest absolute Gasteiger partial charge is 0.273 e. The molecule has 1 N–H and O–H groups in total. The van der Waals surface area contributed by atoms with E-state index in [0.29, 0.717) is 24.6 Å². The molecule has 0 aliphatic heterocycles. The second-order valence-electron chi connectivity index (χ2n) is 7.14. The minimum absolute atomic E-state index is 0.0617. The number of carbonyl (C=O) groups excluding carboxylic acids is 1. The number of hydrogen-bond acceptors (Lipinski definition) is 4. The van der Waals surface area contributed by atoms with E-state index < -0.39 is 0 Å². The Bertz CT molecular complexity index is 907. The molecule has 28 heavy (non-hydrogen) atoms. The summed E-state index contributed by atoms with van der Waals surface area (Å²) in [7, 11) is 0. The van der Waals surface area contributed by atoms with Crippen molar-refractivity contribution < 1.29 is 4.79 Å². The highest BCUT2D eigenvalue weighted by atomic mass is 16.2. The molecule has 1 heterocycles. The maximum atomic E-state index is 13.1. The number of aromatic nitrogens is 2.